The van der Waals surface area contributed by atoms with E-state index in [0.717, 1.165) is 6.07 Å². The fourth-order valence-electron chi connectivity index (χ4n) is 1.16. The molecule has 0 amide bonds. The number of alkyl halides is 2. The summed E-state index contributed by atoms with van der Waals surface area (Å²) in [5.41, 5.74) is 5.25. The molecule has 0 aliphatic heterocycles. The topological polar surface area (TPSA) is 65.2 Å². The molecule has 88 valence electrons. The molecular weight excluding hydrogens is 286 g/mol. The Kier molecular flexibility index (Phi) is 4.31. The zero-order valence-corrected chi connectivity index (χ0v) is 9.92. The molecule has 0 aromatic carbocycles. The van der Waals surface area contributed by atoms with E-state index < -0.39 is 18.1 Å². The largest absolute Gasteiger partial charge is 0.465 e. The third kappa shape index (κ3) is 2.53. The second-order valence-corrected chi connectivity index (χ2v) is 3.61. The van der Waals surface area contributed by atoms with Crippen molar-refractivity contribution in [1.29, 1.82) is 0 Å². The lowest BCUT2D eigenvalue weighted by Gasteiger charge is -2.10. The molecule has 1 rings (SSSR count). The molecule has 1 heterocycles. The molecule has 0 atom stereocenters. The van der Waals surface area contributed by atoms with Crippen molar-refractivity contribution in [1.82, 2.24) is 4.98 Å². The Morgan fingerprint density at radius 2 is 2.31 bits per heavy atom. The van der Waals surface area contributed by atoms with E-state index in [2.05, 4.69) is 25.7 Å². The number of aromatic nitrogens is 1. The third-order valence-corrected chi connectivity index (χ3v) is 2.58. The van der Waals surface area contributed by atoms with Gasteiger partial charge in [0.15, 0.2) is 0 Å². The highest BCUT2D eigenvalue weighted by Crippen LogP contribution is 2.25. The summed E-state index contributed by atoms with van der Waals surface area (Å²) in [6, 6.07) is 0.990. The van der Waals surface area contributed by atoms with E-state index in [1.54, 1.807) is 0 Å². The van der Waals surface area contributed by atoms with Crippen LogP contribution in [0, 0.1) is 0 Å². The molecule has 0 spiro atoms. The van der Waals surface area contributed by atoms with E-state index in [9.17, 15) is 13.6 Å². The van der Waals surface area contributed by atoms with Gasteiger partial charge in [-0.1, -0.05) is 0 Å². The summed E-state index contributed by atoms with van der Waals surface area (Å²) >= 11 is 2.99. The predicted molar refractivity (Wildman–Crippen MR) is 56.1 cm³/mol. The molecule has 0 saturated carbocycles. The molecular formula is C9H9BrF2N2O2. The van der Waals surface area contributed by atoms with Gasteiger partial charge in [0, 0.05) is 12.1 Å². The van der Waals surface area contributed by atoms with Gasteiger partial charge in [0.25, 0.3) is 6.43 Å². The highest BCUT2D eigenvalue weighted by atomic mass is 79.9. The van der Waals surface area contributed by atoms with Gasteiger partial charge >= 0.3 is 5.97 Å². The summed E-state index contributed by atoms with van der Waals surface area (Å²) in [4.78, 5) is 14.9. The van der Waals surface area contributed by atoms with Crippen LogP contribution in [0.4, 0.5) is 8.78 Å². The number of carbonyl (C=O) groups is 1. The summed E-state index contributed by atoms with van der Waals surface area (Å²) in [5.74, 6) is -0.717. The number of esters is 1. The number of nitrogens with zero attached hydrogens (tertiary/aromatic N) is 1. The first-order chi connectivity index (χ1) is 7.51. The van der Waals surface area contributed by atoms with Crippen LogP contribution in [0.5, 0.6) is 0 Å². The standard InChI is InChI=1S/C9H9BrF2N2O2/c1-16-9(15)4-2-6(8(11)12)14-7(10)5(4)3-13/h2,8H,3,13H2,1H3. The number of ether oxygens (including phenoxy) is 1. The van der Waals surface area contributed by atoms with Crippen molar-refractivity contribution >= 4 is 21.9 Å². The SMILES string of the molecule is COC(=O)c1cc(C(F)F)nc(Br)c1CN. The van der Waals surface area contributed by atoms with Gasteiger partial charge in [-0.05, 0) is 22.0 Å². The number of rotatable bonds is 3. The van der Waals surface area contributed by atoms with Gasteiger partial charge in [-0.2, -0.15) is 0 Å². The molecule has 4 nitrogen and oxygen atoms in total. The molecule has 0 aliphatic carbocycles. The number of hydrogen-bond acceptors (Lipinski definition) is 4. The molecule has 2 N–H and O–H groups in total. The molecule has 16 heavy (non-hydrogen) atoms. The summed E-state index contributed by atoms with van der Waals surface area (Å²) in [6.07, 6.45) is -2.76. The Morgan fingerprint density at radius 3 is 2.75 bits per heavy atom. The van der Waals surface area contributed by atoms with Crippen molar-refractivity contribution < 1.29 is 18.3 Å². The highest BCUT2D eigenvalue weighted by Gasteiger charge is 2.20. The van der Waals surface area contributed by atoms with Gasteiger partial charge in [0.05, 0.1) is 12.7 Å². The second kappa shape index (κ2) is 5.31. The van der Waals surface area contributed by atoms with Crippen LogP contribution in [0.15, 0.2) is 10.7 Å². The summed E-state index contributed by atoms with van der Waals surface area (Å²) < 4.78 is 29.5. The Morgan fingerprint density at radius 1 is 1.69 bits per heavy atom. The number of carbonyl (C=O) groups excluding carboxylic acids is 1. The van der Waals surface area contributed by atoms with Gasteiger partial charge in [0.2, 0.25) is 0 Å². The van der Waals surface area contributed by atoms with Crippen LogP contribution in [0.3, 0.4) is 0 Å². The first-order valence-corrected chi connectivity index (χ1v) is 5.06. The monoisotopic (exact) mass is 294 g/mol. The zero-order valence-electron chi connectivity index (χ0n) is 8.34. The number of hydrogen-bond donors (Lipinski definition) is 1. The molecule has 1 aromatic heterocycles. The van der Waals surface area contributed by atoms with Crippen LogP contribution in [-0.4, -0.2) is 18.1 Å². The quantitative estimate of drug-likeness (QED) is 0.684. The number of halogens is 3. The minimum atomic E-state index is -2.76. The normalized spacial score (nSPS) is 10.6. The summed E-state index contributed by atoms with van der Waals surface area (Å²) in [6.45, 7) is 0.00152. The molecule has 0 saturated heterocycles. The van der Waals surface area contributed by atoms with Crippen LogP contribution < -0.4 is 5.73 Å². The molecule has 0 fully saturated rings. The second-order valence-electron chi connectivity index (χ2n) is 2.86. The smallest absolute Gasteiger partial charge is 0.338 e. The predicted octanol–water partition coefficient (Wildman–Crippen LogP) is 2.03. The van der Waals surface area contributed by atoms with Gasteiger partial charge in [0.1, 0.15) is 10.3 Å². The maximum absolute atomic E-state index is 12.5. The summed E-state index contributed by atoms with van der Waals surface area (Å²) in [5, 5.41) is 0. The van der Waals surface area contributed by atoms with E-state index in [-0.39, 0.29) is 16.7 Å². The number of nitrogens with two attached hydrogens (primary N) is 1. The first kappa shape index (κ1) is 13.0. The molecule has 0 bridgehead atoms. The summed E-state index contributed by atoms with van der Waals surface area (Å²) in [7, 11) is 1.17. The Labute approximate surface area is 98.9 Å². The average molecular weight is 295 g/mol. The Balaban J connectivity index is 3.36. The maximum Gasteiger partial charge on any atom is 0.338 e. The van der Waals surface area contributed by atoms with Gasteiger partial charge in [-0.15, -0.1) is 0 Å². The molecule has 0 aliphatic rings. The lowest BCUT2D eigenvalue weighted by Crippen LogP contribution is -2.12. The fraction of sp³-hybridized carbons (Fsp3) is 0.333. The first-order valence-electron chi connectivity index (χ1n) is 4.27. The van der Waals surface area contributed by atoms with Crippen molar-refractivity contribution in [3.63, 3.8) is 0 Å². The molecule has 0 radical (unpaired) electrons. The fourth-order valence-corrected chi connectivity index (χ4v) is 1.74. The lowest BCUT2D eigenvalue weighted by atomic mass is 10.1. The minimum Gasteiger partial charge on any atom is -0.465 e. The number of methoxy groups -OCH3 is 1. The van der Waals surface area contributed by atoms with Gasteiger partial charge in [-0.3, -0.25) is 0 Å². The van der Waals surface area contributed by atoms with Crippen LogP contribution in [0.2, 0.25) is 0 Å². The van der Waals surface area contributed by atoms with E-state index in [0.29, 0.717) is 5.56 Å². The van der Waals surface area contributed by atoms with Crippen molar-refractivity contribution in [3.05, 3.63) is 27.5 Å². The van der Waals surface area contributed by atoms with E-state index in [1.165, 1.54) is 7.11 Å². The van der Waals surface area contributed by atoms with Crippen LogP contribution in [0.1, 0.15) is 28.0 Å². The highest BCUT2D eigenvalue weighted by molar-refractivity contribution is 9.10. The van der Waals surface area contributed by atoms with E-state index in [4.69, 9.17) is 5.73 Å². The Hall–Kier alpha value is -1.08. The van der Waals surface area contributed by atoms with Crippen molar-refractivity contribution in [2.45, 2.75) is 13.0 Å². The lowest BCUT2D eigenvalue weighted by molar-refractivity contribution is 0.0598. The molecule has 7 heteroatoms. The Bertz CT molecular complexity index is 413. The van der Waals surface area contributed by atoms with Crippen LogP contribution in [-0.2, 0) is 11.3 Å². The number of pyridine rings is 1. The van der Waals surface area contributed by atoms with Crippen LogP contribution >= 0.6 is 15.9 Å². The van der Waals surface area contributed by atoms with Gasteiger partial charge in [-0.25, -0.2) is 18.6 Å². The molecule has 0 unspecified atom stereocenters. The molecule has 1 aromatic rings. The zero-order chi connectivity index (χ0) is 12.3. The minimum absolute atomic E-state index is 0.00152. The van der Waals surface area contributed by atoms with Crippen molar-refractivity contribution in [2.24, 2.45) is 5.73 Å². The van der Waals surface area contributed by atoms with Gasteiger partial charge < -0.3 is 10.5 Å². The average Bonchev–Trinajstić information content (AvgIpc) is 2.26. The van der Waals surface area contributed by atoms with Crippen molar-refractivity contribution in [3.8, 4) is 0 Å². The third-order valence-electron chi connectivity index (χ3n) is 1.93. The maximum atomic E-state index is 12.5. The van der Waals surface area contributed by atoms with Crippen LogP contribution in [0.25, 0.3) is 0 Å². The van der Waals surface area contributed by atoms with E-state index in [1.807, 2.05) is 0 Å². The van der Waals surface area contributed by atoms with Crippen molar-refractivity contribution in [2.75, 3.05) is 7.11 Å². The van der Waals surface area contributed by atoms with E-state index >= 15 is 0 Å².